The minimum atomic E-state index is -0.576. The fourth-order valence-electron chi connectivity index (χ4n) is 0.443. The van der Waals surface area contributed by atoms with Gasteiger partial charge in [-0.15, -0.1) is 11.8 Å². The van der Waals surface area contributed by atoms with Crippen LogP contribution >= 0.6 is 11.8 Å². The van der Waals surface area contributed by atoms with Gasteiger partial charge in [0.15, 0.2) is 6.29 Å². The fraction of sp³-hybridized carbons (Fsp3) is 0.750. The molecule has 0 saturated carbocycles. The zero-order chi connectivity index (χ0) is 5.28. The molecule has 1 saturated heterocycles. The molecule has 0 aromatic rings. The molecule has 1 rings (SSSR count). The van der Waals surface area contributed by atoms with Gasteiger partial charge in [0.05, 0.1) is 0 Å². The van der Waals surface area contributed by atoms with Crippen molar-refractivity contribution in [1.29, 1.82) is 0 Å². The van der Waals surface area contributed by atoms with Crippen molar-refractivity contribution in [2.24, 2.45) is 0 Å². The number of aliphatic hydroxyl groups is 1. The number of thioether (sulfide) groups is 1. The molecule has 2 atom stereocenters. The largest absolute Gasteiger partial charge is 0.367 e. The Balaban J connectivity index is 2.26. The third-order valence-electron chi connectivity index (χ3n) is 0.734. The maximum Gasteiger partial charge on any atom is 0.165 e. The van der Waals surface area contributed by atoms with Gasteiger partial charge in [0.1, 0.15) is 5.44 Å². The first kappa shape index (κ1) is 5.41. The Kier molecular flexibility index (Phi) is 1.57. The summed E-state index contributed by atoms with van der Waals surface area (Å²) in [6.07, 6.45) is -0.576. The molecule has 1 fully saturated rings. The first-order valence-electron chi connectivity index (χ1n) is 2.07. The van der Waals surface area contributed by atoms with Crippen LogP contribution in [0.5, 0.6) is 0 Å². The Hall–Kier alpha value is 0.270. The molecule has 0 aliphatic carbocycles. The van der Waals surface area contributed by atoms with Crippen molar-refractivity contribution < 1.29 is 9.84 Å². The second-order valence-corrected chi connectivity index (χ2v) is 2.55. The number of ether oxygens (including phenoxy) is 1. The second kappa shape index (κ2) is 2.03. The Morgan fingerprint density at radius 3 is 2.71 bits per heavy atom. The van der Waals surface area contributed by atoms with Gasteiger partial charge in [-0.05, 0) is 6.92 Å². The van der Waals surface area contributed by atoms with E-state index >= 15 is 0 Å². The van der Waals surface area contributed by atoms with Gasteiger partial charge in [0, 0.05) is 5.75 Å². The van der Waals surface area contributed by atoms with Crippen LogP contribution in [0.25, 0.3) is 0 Å². The first-order chi connectivity index (χ1) is 3.29. The molecule has 3 heteroatoms. The molecule has 2 nitrogen and oxygen atoms in total. The molecule has 41 valence electrons. The van der Waals surface area contributed by atoms with Crippen LogP contribution in [-0.2, 0) is 4.74 Å². The monoisotopic (exact) mass is 119 g/mol. The van der Waals surface area contributed by atoms with Crippen molar-refractivity contribution in [3.8, 4) is 0 Å². The molecule has 1 N–H and O–H groups in total. The minimum Gasteiger partial charge on any atom is -0.367 e. The maximum absolute atomic E-state index is 8.62. The molecule has 1 aliphatic rings. The molecule has 0 amide bonds. The molecule has 1 radical (unpaired) electrons. The van der Waals surface area contributed by atoms with Crippen LogP contribution in [0.3, 0.4) is 0 Å². The quantitative estimate of drug-likeness (QED) is 0.495. The van der Waals surface area contributed by atoms with Crippen molar-refractivity contribution in [3.05, 3.63) is 6.92 Å². The van der Waals surface area contributed by atoms with Crippen molar-refractivity contribution >= 4 is 11.8 Å². The topological polar surface area (TPSA) is 29.5 Å². The molecular formula is C4H7O2S. The molecule has 0 aromatic heterocycles. The Labute approximate surface area is 46.9 Å². The molecule has 1 heterocycles. The average Bonchev–Trinajstić information content (AvgIpc) is 1.87. The van der Waals surface area contributed by atoms with Gasteiger partial charge in [-0.2, -0.15) is 0 Å². The minimum absolute atomic E-state index is 0.0602. The fourth-order valence-corrected chi connectivity index (χ4v) is 1.11. The van der Waals surface area contributed by atoms with Gasteiger partial charge in [0.25, 0.3) is 0 Å². The van der Waals surface area contributed by atoms with Gasteiger partial charge in [-0.25, -0.2) is 0 Å². The van der Waals surface area contributed by atoms with Crippen LogP contribution in [-0.4, -0.2) is 22.6 Å². The highest BCUT2D eigenvalue weighted by Gasteiger charge is 2.18. The van der Waals surface area contributed by atoms with Crippen LogP contribution in [0.2, 0.25) is 0 Å². The number of aliphatic hydroxyl groups excluding tert-OH is 1. The summed E-state index contributed by atoms with van der Waals surface area (Å²) in [6.45, 7) is 3.57. The second-order valence-electron chi connectivity index (χ2n) is 1.35. The van der Waals surface area contributed by atoms with E-state index in [0.29, 0.717) is 5.75 Å². The lowest BCUT2D eigenvalue weighted by Crippen LogP contribution is -2.07. The van der Waals surface area contributed by atoms with Crippen molar-refractivity contribution in [2.75, 3.05) is 5.75 Å². The van der Waals surface area contributed by atoms with E-state index in [1.807, 2.05) is 0 Å². The maximum atomic E-state index is 8.62. The highest BCUT2D eigenvalue weighted by molar-refractivity contribution is 8.00. The normalized spacial score (nSPS) is 42.0. The van der Waals surface area contributed by atoms with Crippen molar-refractivity contribution in [1.82, 2.24) is 0 Å². The SMILES string of the molecule is [CH2]C1OC(O)CS1. The summed E-state index contributed by atoms with van der Waals surface area (Å²) < 4.78 is 4.77. The Bertz CT molecular complexity index is 58.7. The zero-order valence-electron chi connectivity index (χ0n) is 3.83. The Morgan fingerprint density at radius 1 is 1.86 bits per heavy atom. The van der Waals surface area contributed by atoms with Gasteiger partial charge < -0.3 is 9.84 Å². The van der Waals surface area contributed by atoms with E-state index < -0.39 is 6.29 Å². The van der Waals surface area contributed by atoms with Crippen LogP contribution in [0.4, 0.5) is 0 Å². The molecule has 0 bridgehead atoms. The standard InChI is InChI=1S/C4H7O2S/c1-3-6-4(5)2-7-3/h3-5H,1-2H2. The Morgan fingerprint density at radius 2 is 2.57 bits per heavy atom. The third-order valence-corrected chi connectivity index (χ3v) is 1.69. The lowest BCUT2D eigenvalue weighted by molar-refractivity contribution is -0.0692. The molecule has 1 aliphatic heterocycles. The number of hydrogen-bond acceptors (Lipinski definition) is 3. The van der Waals surface area contributed by atoms with Gasteiger partial charge in [-0.1, -0.05) is 0 Å². The molecule has 0 spiro atoms. The van der Waals surface area contributed by atoms with E-state index in [2.05, 4.69) is 6.92 Å². The molecule has 2 unspecified atom stereocenters. The van der Waals surface area contributed by atoms with Crippen LogP contribution in [0.1, 0.15) is 0 Å². The van der Waals surface area contributed by atoms with E-state index in [-0.39, 0.29) is 5.44 Å². The van der Waals surface area contributed by atoms with Gasteiger partial charge in [-0.3, -0.25) is 0 Å². The van der Waals surface area contributed by atoms with Crippen molar-refractivity contribution in [3.63, 3.8) is 0 Å². The predicted molar refractivity (Wildman–Crippen MR) is 28.7 cm³/mol. The smallest absolute Gasteiger partial charge is 0.165 e. The summed E-state index contributed by atoms with van der Waals surface area (Å²) in [5.74, 6) is 0.661. The van der Waals surface area contributed by atoms with E-state index in [0.717, 1.165) is 0 Å². The first-order valence-corrected chi connectivity index (χ1v) is 3.12. The van der Waals surface area contributed by atoms with Gasteiger partial charge >= 0.3 is 0 Å². The van der Waals surface area contributed by atoms with E-state index in [9.17, 15) is 0 Å². The molecule has 0 aromatic carbocycles. The molecular weight excluding hydrogens is 112 g/mol. The number of rotatable bonds is 0. The summed E-state index contributed by atoms with van der Waals surface area (Å²) in [7, 11) is 0. The van der Waals surface area contributed by atoms with Crippen molar-refractivity contribution in [2.45, 2.75) is 11.7 Å². The van der Waals surface area contributed by atoms with E-state index in [4.69, 9.17) is 9.84 Å². The highest BCUT2D eigenvalue weighted by atomic mass is 32.2. The summed E-state index contributed by atoms with van der Waals surface area (Å²) in [5, 5.41) is 8.62. The van der Waals surface area contributed by atoms with E-state index in [1.54, 1.807) is 0 Å². The average molecular weight is 119 g/mol. The summed E-state index contributed by atoms with van der Waals surface area (Å²) in [5.41, 5.74) is -0.0602. The summed E-state index contributed by atoms with van der Waals surface area (Å²) in [6, 6.07) is 0. The number of hydrogen-bond donors (Lipinski definition) is 1. The van der Waals surface area contributed by atoms with Crippen LogP contribution in [0, 0.1) is 6.92 Å². The lowest BCUT2D eigenvalue weighted by atomic mass is 10.7. The highest BCUT2D eigenvalue weighted by Crippen LogP contribution is 2.21. The van der Waals surface area contributed by atoms with Crippen LogP contribution < -0.4 is 0 Å². The van der Waals surface area contributed by atoms with Crippen LogP contribution in [0.15, 0.2) is 0 Å². The third kappa shape index (κ3) is 1.33. The lowest BCUT2D eigenvalue weighted by Gasteiger charge is -1.98. The van der Waals surface area contributed by atoms with E-state index in [1.165, 1.54) is 11.8 Å². The summed E-state index contributed by atoms with van der Waals surface area (Å²) in [4.78, 5) is 0. The predicted octanol–water partition coefficient (Wildman–Crippen LogP) is 0.228. The summed E-state index contributed by atoms with van der Waals surface area (Å²) >= 11 is 1.52. The zero-order valence-corrected chi connectivity index (χ0v) is 4.65. The van der Waals surface area contributed by atoms with Gasteiger partial charge in [0.2, 0.25) is 0 Å². The molecule has 7 heavy (non-hydrogen) atoms.